The van der Waals surface area contributed by atoms with E-state index in [4.69, 9.17) is 9.47 Å². The number of nitrogens with one attached hydrogen (secondary N) is 1. The number of β-lactam (4-membered cyclic amide) rings is 1. The van der Waals surface area contributed by atoms with Gasteiger partial charge in [-0.2, -0.15) is 0 Å². The van der Waals surface area contributed by atoms with Crippen molar-refractivity contribution in [3.05, 3.63) is 35.8 Å². The Morgan fingerprint density at radius 2 is 1.91 bits per heavy atom. The van der Waals surface area contributed by atoms with E-state index in [2.05, 4.69) is 5.32 Å². The Morgan fingerprint density at radius 1 is 1.20 bits per heavy atom. The van der Waals surface area contributed by atoms with Crippen molar-refractivity contribution in [1.29, 1.82) is 0 Å². The zero-order valence-corrected chi connectivity index (χ0v) is 20.4. The van der Waals surface area contributed by atoms with Gasteiger partial charge in [-0.25, -0.2) is 4.79 Å². The lowest BCUT2D eigenvalue weighted by atomic mass is 10.0. The van der Waals surface area contributed by atoms with Crippen LogP contribution in [-0.4, -0.2) is 74.7 Å². The van der Waals surface area contributed by atoms with Crippen LogP contribution in [0.25, 0.3) is 0 Å². The molecule has 3 unspecified atom stereocenters. The van der Waals surface area contributed by atoms with Gasteiger partial charge in [-0.15, -0.1) is 11.8 Å². The molecule has 1 aromatic rings. The summed E-state index contributed by atoms with van der Waals surface area (Å²) in [7, 11) is 0. The average Bonchev–Trinajstić information content (AvgIpc) is 3.34. The number of amides is 2. The number of ether oxygens (including phenoxy) is 2. The summed E-state index contributed by atoms with van der Waals surface area (Å²) in [6, 6.07) is 2.13. The maximum atomic E-state index is 13.2. The largest absolute Gasteiger partial charge is 0.477 e. The van der Waals surface area contributed by atoms with E-state index >= 15 is 0 Å². The number of hydrogen-bond donors (Lipinski definition) is 2. The van der Waals surface area contributed by atoms with Gasteiger partial charge in [-0.1, -0.05) is 6.42 Å². The molecular formula is C23H29N3O8S. The maximum absolute atomic E-state index is 13.2. The highest BCUT2D eigenvalue weighted by Crippen LogP contribution is 2.40. The first kappa shape index (κ1) is 26.3. The SMILES string of the molecule is CCOC(=O)CCCCC(C(=O)NC1C(=O)N2C(C(=O)O)=C(COC(C)=O)CSC12)n1cccc1. The Labute approximate surface area is 206 Å². The van der Waals surface area contributed by atoms with Crippen LogP contribution in [0.4, 0.5) is 0 Å². The third kappa shape index (κ3) is 6.24. The fraction of sp³-hybridized carbons (Fsp3) is 0.522. The highest BCUT2D eigenvalue weighted by atomic mass is 32.2. The van der Waals surface area contributed by atoms with E-state index in [0.717, 1.165) is 4.90 Å². The molecule has 1 saturated heterocycles. The molecule has 190 valence electrons. The average molecular weight is 508 g/mol. The van der Waals surface area contributed by atoms with Crippen molar-refractivity contribution >= 4 is 41.5 Å². The monoisotopic (exact) mass is 507 g/mol. The lowest BCUT2D eigenvalue weighted by Crippen LogP contribution is -2.71. The maximum Gasteiger partial charge on any atom is 0.352 e. The molecule has 2 N–H and O–H groups in total. The van der Waals surface area contributed by atoms with Gasteiger partial charge in [0.15, 0.2) is 0 Å². The van der Waals surface area contributed by atoms with Crippen molar-refractivity contribution in [2.75, 3.05) is 19.0 Å². The molecule has 2 aliphatic heterocycles. The van der Waals surface area contributed by atoms with E-state index in [1.54, 1.807) is 36.0 Å². The predicted octanol–water partition coefficient (Wildman–Crippen LogP) is 1.45. The molecule has 0 saturated carbocycles. The molecule has 3 rings (SSSR count). The Morgan fingerprint density at radius 3 is 2.54 bits per heavy atom. The molecule has 3 atom stereocenters. The Hall–Kier alpha value is -3.28. The molecule has 0 aliphatic carbocycles. The number of thioether (sulfide) groups is 1. The summed E-state index contributed by atoms with van der Waals surface area (Å²) in [6.07, 6.45) is 5.40. The topological polar surface area (TPSA) is 144 Å². The number of unbranched alkanes of at least 4 members (excludes halogenated alkanes) is 1. The van der Waals surface area contributed by atoms with Crippen molar-refractivity contribution < 1.29 is 38.6 Å². The van der Waals surface area contributed by atoms with Crippen molar-refractivity contribution in [2.45, 2.75) is 57.0 Å². The third-order valence-corrected chi connectivity index (χ3v) is 7.04. The highest BCUT2D eigenvalue weighted by Gasteiger charge is 2.54. The van der Waals surface area contributed by atoms with Crippen LogP contribution in [0, 0.1) is 0 Å². The fourth-order valence-corrected chi connectivity index (χ4v) is 5.37. The molecule has 0 bridgehead atoms. The second kappa shape index (κ2) is 11.9. The number of hydrogen-bond acceptors (Lipinski definition) is 8. The lowest BCUT2D eigenvalue weighted by molar-refractivity contribution is -0.151. The van der Waals surface area contributed by atoms with Crippen LogP contribution in [-0.2, 0) is 33.4 Å². The van der Waals surface area contributed by atoms with E-state index in [-0.39, 0.29) is 36.4 Å². The molecule has 0 aromatic carbocycles. The van der Waals surface area contributed by atoms with E-state index in [1.165, 1.54) is 18.7 Å². The number of carbonyl (C=O) groups is 5. The van der Waals surface area contributed by atoms with Gasteiger partial charge in [0.2, 0.25) is 5.91 Å². The minimum absolute atomic E-state index is 0.202. The van der Waals surface area contributed by atoms with Crippen LogP contribution < -0.4 is 5.32 Å². The van der Waals surface area contributed by atoms with Gasteiger partial charge in [0, 0.05) is 37.1 Å². The fourth-order valence-electron chi connectivity index (χ4n) is 4.04. The van der Waals surface area contributed by atoms with Crippen molar-refractivity contribution in [1.82, 2.24) is 14.8 Å². The van der Waals surface area contributed by atoms with Crippen LogP contribution in [0.2, 0.25) is 0 Å². The van der Waals surface area contributed by atoms with Gasteiger partial charge in [-0.3, -0.25) is 24.1 Å². The van der Waals surface area contributed by atoms with E-state index in [9.17, 15) is 29.1 Å². The molecule has 1 aromatic heterocycles. The number of esters is 2. The molecular weight excluding hydrogens is 478 g/mol. The smallest absolute Gasteiger partial charge is 0.352 e. The zero-order chi connectivity index (χ0) is 25.5. The molecule has 2 amide bonds. The second-order valence-corrected chi connectivity index (χ2v) is 9.24. The minimum Gasteiger partial charge on any atom is -0.477 e. The third-order valence-electron chi connectivity index (χ3n) is 5.70. The Balaban J connectivity index is 1.65. The van der Waals surface area contributed by atoms with Crippen LogP contribution in [0.5, 0.6) is 0 Å². The first-order chi connectivity index (χ1) is 16.7. The number of aromatic nitrogens is 1. The van der Waals surface area contributed by atoms with Gasteiger partial charge < -0.3 is 24.5 Å². The summed E-state index contributed by atoms with van der Waals surface area (Å²) in [5.41, 5.74) is 0.130. The zero-order valence-electron chi connectivity index (χ0n) is 19.6. The molecule has 3 heterocycles. The number of carboxylic acids is 1. The van der Waals surface area contributed by atoms with Crippen LogP contribution in [0.1, 0.15) is 45.6 Å². The first-order valence-electron chi connectivity index (χ1n) is 11.4. The minimum atomic E-state index is -1.29. The predicted molar refractivity (Wildman–Crippen MR) is 125 cm³/mol. The van der Waals surface area contributed by atoms with Crippen LogP contribution in [0.3, 0.4) is 0 Å². The normalized spacial score (nSPS) is 19.9. The number of nitrogens with zero attached hydrogens (tertiary/aromatic N) is 2. The quantitative estimate of drug-likeness (QED) is 0.244. The van der Waals surface area contributed by atoms with Crippen molar-refractivity contribution in [2.24, 2.45) is 0 Å². The molecule has 12 heteroatoms. The van der Waals surface area contributed by atoms with Gasteiger partial charge in [0.25, 0.3) is 5.91 Å². The number of aliphatic carboxylic acids is 1. The van der Waals surface area contributed by atoms with Crippen LogP contribution >= 0.6 is 11.8 Å². The summed E-state index contributed by atoms with van der Waals surface area (Å²) in [5.74, 6) is -2.75. The van der Waals surface area contributed by atoms with Gasteiger partial charge in [0.1, 0.15) is 29.8 Å². The second-order valence-electron chi connectivity index (χ2n) is 8.13. The molecule has 2 aliphatic rings. The summed E-state index contributed by atoms with van der Waals surface area (Å²) in [4.78, 5) is 61.7. The summed E-state index contributed by atoms with van der Waals surface area (Å²) in [5, 5.41) is 11.9. The van der Waals surface area contributed by atoms with E-state index in [0.29, 0.717) is 31.4 Å². The van der Waals surface area contributed by atoms with E-state index < -0.39 is 35.3 Å². The Bertz CT molecular complexity index is 1010. The van der Waals surface area contributed by atoms with Crippen LogP contribution in [0.15, 0.2) is 35.8 Å². The molecule has 11 nitrogen and oxygen atoms in total. The van der Waals surface area contributed by atoms with Crippen molar-refractivity contribution in [3.8, 4) is 0 Å². The van der Waals surface area contributed by atoms with Crippen molar-refractivity contribution in [3.63, 3.8) is 0 Å². The number of carbonyl (C=O) groups excluding carboxylic acids is 4. The summed E-state index contributed by atoms with van der Waals surface area (Å²) >= 11 is 1.31. The number of rotatable bonds is 12. The van der Waals surface area contributed by atoms with Gasteiger partial charge in [0.05, 0.1) is 6.61 Å². The van der Waals surface area contributed by atoms with Gasteiger partial charge in [-0.05, 0) is 31.9 Å². The Kier molecular flexibility index (Phi) is 8.96. The number of fused-ring (bicyclic) bond motifs is 1. The summed E-state index contributed by atoms with van der Waals surface area (Å²) < 4.78 is 11.6. The first-order valence-corrected chi connectivity index (χ1v) is 12.4. The number of carboxylic acid groups (broad SMARTS) is 1. The molecule has 0 spiro atoms. The molecule has 0 radical (unpaired) electrons. The lowest BCUT2D eigenvalue weighted by Gasteiger charge is -2.49. The van der Waals surface area contributed by atoms with Gasteiger partial charge >= 0.3 is 17.9 Å². The van der Waals surface area contributed by atoms with E-state index in [1.807, 2.05) is 0 Å². The molecule has 1 fully saturated rings. The highest BCUT2D eigenvalue weighted by molar-refractivity contribution is 8.00. The molecule has 35 heavy (non-hydrogen) atoms. The summed E-state index contributed by atoms with van der Waals surface area (Å²) in [6.45, 7) is 3.08. The standard InChI is InChI=1S/C23H29N3O8S/c1-3-33-17(28)9-5-4-8-16(25-10-6-7-11-25)20(29)24-18-21(30)26-19(23(31)32)15(12-34-14(2)27)13-35-22(18)26/h6-7,10-11,16,18,22H,3-5,8-9,12-13H2,1-2H3,(H,24,29)(H,31,32).